The molecule has 0 aliphatic carbocycles. The quantitative estimate of drug-likeness (QED) is 0.866. The van der Waals surface area contributed by atoms with Crippen LogP contribution in [0.4, 0.5) is 0 Å². The minimum atomic E-state index is 0.0815. The molecule has 0 bridgehead atoms. The fourth-order valence-electron chi connectivity index (χ4n) is 2.19. The summed E-state index contributed by atoms with van der Waals surface area (Å²) in [5.74, 6) is 0.580. The van der Waals surface area contributed by atoms with Gasteiger partial charge in [0.1, 0.15) is 0 Å². The molecular weight excluding hydrogens is 292 g/mol. The number of rotatable bonds is 1. The van der Waals surface area contributed by atoms with Gasteiger partial charge in [-0.25, -0.2) is 0 Å². The Hall–Kier alpha value is -0.870. The van der Waals surface area contributed by atoms with Gasteiger partial charge in [-0.05, 0) is 37.0 Å². The van der Waals surface area contributed by atoms with Gasteiger partial charge in [-0.1, -0.05) is 28.9 Å². The summed E-state index contributed by atoms with van der Waals surface area (Å²) in [5, 5.41) is 0. The minimum absolute atomic E-state index is 0.0815. The number of piperidine rings is 1. The molecule has 98 valence electrons. The van der Waals surface area contributed by atoms with Gasteiger partial charge in [0.2, 0.25) is 0 Å². The predicted molar refractivity (Wildman–Crippen MR) is 76.5 cm³/mol. The van der Waals surface area contributed by atoms with E-state index < -0.39 is 0 Å². The zero-order valence-corrected chi connectivity index (χ0v) is 12.4. The Bertz CT molecular complexity index is 461. The Balaban J connectivity index is 2.14. The maximum Gasteiger partial charge on any atom is 0.253 e. The van der Waals surface area contributed by atoms with Crippen molar-refractivity contribution in [2.24, 2.45) is 11.7 Å². The van der Waals surface area contributed by atoms with Gasteiger partial charge in [0.15, 0.2) is 0 Å². The summed E-state index contributed by atoms with van der Waals surface area (Å²) in [6, 6.07) is 5.83. The van der Waals surface area contributed by atoms with Crippen molar-refractivity contribution in [3.63, 3.8) is 0 Å². The van der Waals surface area contributed by atoms with E-state index in [0.717, 1.165) is 28.6 Å². The van der Waals surface area contributed by atoms with Crippen LogP contribution in [0.15, 0.2) is 22.7 Å². The average molecular weight is 311 g/mol. The lowest BCUT2D eigenvalue weighted by Crippen LogP contribution is -2.49. The van der Waals surface area contributed by atoms with Crippen LogP contribution in [0.5, 0.6) is 0 Å². The van der Waals surface area contributed by atoms with Crippen LogP contribution in [0.25, 0.3) is 0 Å². The molecule has 1 saturated heterocycles. The number of aryl methyl sites for hydroxylation is 1. The lowest BCUT2D eigenvalue weighted by atomic mass is 9.94. The van der Waals surface area contributed by atoms with Crippen LogP contribution in [0.2, 0.25) is 0 Å². The highest BCUT2D eigenvalue weighted by atomic mass is 79.9. The fraction of sp³-hybridized carbons (Fsp3) is 0.500. The van der Waals surface area contributed by atoms with Crippen molar-refractivity contribution >= 4 is 21.8 Å². The maximum atomic E-state index is 12.4. The second-order valence-electron chi connectivity index (χ2n) is 5.14. The molecule has 18 heavy (non-hydrogen) atoms. The molecule has 4 heteroatoms. The van der Waals surface area contributed by atoms with Crippen molar-refractivity contribution < 1.29 is 4.79 Å². The van der Waals surface area contributed by atoms with Gasteiger partial charge in [-0.2, -0.15) is 0 Å². The van der Waals surface area contributed by atoms with Crippen molar-refractivity contribution in [2.45, 2.75) is 26.3 Å². The van der Waals surface area contributed by atoms with Crippen molar-refractivity contribution in [1.82, 2.24) is 4.90 Å². The number of hydrogen-bond acceptors (Lipinski definition) is 2. The summed E-state index contributed by atoms with van der Waals surface area (Å²) < 4.78 is 0.975. The Kier molecular flexibility index (Phi) is 4.07. The summed E-state index contributed by atoms with van der Waals surface area (Å²) in [4.78, 5) is 14.2. The molecule has 0 spiro atoms. The molecule has 1 aromatic rings. The number of benzene rings is 1. The van der Waals surface area contributed by atoms with Crippen molar-refractivity contribution in [2.75, 3.05) is 13.1 Å². The number of halogens is 1. The summed E-state index contributed by atoms with van der Waals surface area (Å²) in [5.41, 5.74) is 7.90. The zero-order chi connectivity index (χ0) is 13.3. The van der Waals surface area contributed by atoms with E-state index in [1.54, 1.807) is 0 Å². The molecule has 1 fully saturated rings. The number of amides is 1. The van der Waals surface area contributed by atoms with Crippen molar-refractivity contribution in [1.29, 1.82) is 0 Å². The monoisotopic (exact) mass is 310 g/mol. The van der Waals surface area contributed by atoms with Crippen molar-refractivity contribution in [3.8, 4) is 0 Å². The van der Waals surface area contributed by atoms with Crippen LogP contribution in [0, 0.1) is 12.8 Å². The van der Waals surface area contributed by atoms with E-state index in [9.17, 15) is 4.79 Å². The number of likely N-dealkylation sites (tertiary alicyclic amines) is 1. The first-order chi connectivity index (χ1) is 8.49. The maximum absolute atomic E-state index is 12.4. The van der Waals surface area contributed by atoms with E-state index in [-0.39, 0.29) is 11.9 Å². The van der Waals surface area contributed by atoms with Crippen LogP contribution in [0.1, 0.15) is 29.3 Å². The summed E-state index contributed by atoms with van der Waals surface area (Å²) >= 11 is 3.46. The van der Waals surface area contributed by atoms with Gasteiger partial charge in [-0.3, -0.25) is 4.79 Å². The normalized spacial score (nSPS) is 24.1. The summed E-state index contributed by atoms with van der Waals surface area (Å²) in [7, 11) is 0. The Morgan fingerprint density at radius 2 is 2.22 bits per heavy atom. The summed E-state index contributed by atoms with van der Waals surface area (Å²) in [6.45, 7) is 5.62. The molecule has 0 aromatic heterocycles. The fourth-order valence-corrected chi connectivity index (χ4v) is 2.57. The molecule has 1 heterocycles. The van der Waals surface area contributed by atoms with Gasteiger partial charge in [0.25, 0.3) is 5.91 Å². The van der Waals surface area contributed by atoms with E-state index in [2.05, 4.69) is 22.9 Å². The van der Waals surface area contributed by atoms with E-state index in [1.165, 1.54) is 0 Å². The van der Waals surface area contributed by atoms with E-state index in [1.807, 2.05) is 30.0 Å². The molecule has 1 aromatic carbocycles. The first kappa shape index (κ1) is 13.6. The second-order valence-corrected chi connectivity index (χ2v) is 6.00. The van der Waals surface area contributed by atoms with Crippen LogP contribution in [-0.4, -0.2) is 29.9 Å². The molecule has 1 aliphatic heterocycles. The lowest BCUT2D eigenvalue weighted by molar-refractivity contribution is 0.0672. The molecular formula is C14H19BrN2O. The first-order valence-electron chi connectivity index (χ1n) is 6.30. The second kappa shape index (κ2) is 5.41. The number of hydrogen-bond donors (Lipinski definition) is 1. The lowest BCUT2D eigenvalue weighted by Gasteiger charge is -2.35. The molecule has 3 nitrogen and oxygen atoms in total. The van der Waals surface area contributed by atoms with Gasteiger partial charge in [-0.15, -0.1) is 0 Å². The van der Waals surface area contributed by atoms with E-state index in [0.29, 0.717) is 12.5 Å². The van der Waals surface area contributed by atoms with Gasteiger partial charge >= 0.3 is 0 Å². The van der Waals surface area contributed by atoms with Crippen molar-refractivity contribution in [3.05, 3.63) is 33.8 Å². The third-order valence-corrected chi connectivity index (χ3v) is 4.58. The predicted octanol–water partition coefficient (Wildman–Crippen LogP) is 2.57. The molecule has 2 N–H and O–H groups in total. The third-order valence-electron chi connectivity index (χ3n) is 3.72. The number of nitrogens with zero attached hydrogens (tertiary/aromatic N) is 1. The number of nitrogens with two attached hydrogens (primary N) is 1. The molecule has 2 unspecified atom stereocenters. The van der Waals surface area contributed by atoms with Crippen LogP contribution in [-0.2, 0) is 0 Å². The van der Waals surface area contributed by atoms with E-state index in [4.69, 9.17) is 5.73 Å². The third kappa shape index (κ3) is 2.75. The number of carbonyl (C=O) groups excluding carboxylic acids is 1. The van der Waals surface area contributed by atoms with Crippen LogP contribution in [0.3, 0.4) is 0 Å². The largest absolute Gasteiger partial charge is 0.337 e. The topological polar surface area (TPSA) is 46.3 Å². The highest BCUT2D eigenvalue weighted by Gasteiger charge is 2.26. The Labute approximate surface area is 116 Å². The highest BCUT2D eigenvalue weighted by Crippen LogP contribution is 2.21. The van der Waals surface area contributed by atoms with Gasteiger partial charge in [0.05, 0.1) is 0 Å². The number of carbonyl (C=O) groups is 1. The van der Waals surface area contributed by atoms with Gasteiger partial charge < -0.3 is 10.6 Å². The molecule has 0 saturated carbocycles. The smallest absolute Gasteiger partial charge is 0.253 e. The molecule has 0 radical (unpaired) electrons. The standard InChI is InChI=1S/C14H19BrN2O/c1-9-3-4-11(7-12(9)15)14(18)17-6-5-10(2)13(16)8-17/h3-4,7,10,13H,5-6,8,16H2,1-2H3. The molecule has 2 atom stereocenters. The summed E-state index contributed by atoms with van der Waals surface area (Å²) in [6.07, 6.45) is 0.986. The minimum Gasteiger partial charge on any atom is -0.337 e. The highest BCUT2D eigenvalue weighted by molar-refractivity contribution is 9.10. The molecule has 1 amide bonds. The molecule has 2 rings (SSSR count). The van der Waals surface area contributed by atoms with Crippen LogP contribution < -0.4 is 5.73 Å². The molecule has 1 aliphatic rings. The Morgan fingerprint density at radius 1 is 1.50 bits per heavy atom. The Morgan fingerprint density at radius 3 is 2.83 bits per heavy atom. The SMILES string of the molecule is Cc1ccc(C(=O)N2CCC(C)C(N)C2)cc1Br. The van der Waals surface area contributed by atoms with Gasteiger partial charge in [0, 0.05) is 29.2 Å². The zero-order valence-electron chi connectivity index (χ0n) is 10.8. The van der Waals surface area contributed by atoms with Crippen LogP contribution >= 0.6 is 15.9 Å². The van der Waals surface area contributed by atoms with E-state index >= 15 is 0 Å². The first-order valence-corrected chi connectivity index (χ1v) is 7.09. The average Bonchev–Trinajstić information content (AvgIpc) is 2.35.